The van der Waals surface area contributed by atoms with E-state index in [-0.39, 0.29) is 35.8 Å². The number of rotatable bonds is 3. The van der Waals surface area contributed by atoms with E-state index in [1.54, 1.807) is 7.11 Å². The maximum absolute atomic E-state index is 6.42. The van der Waals surface area contributed by atoms with E-state index in [0.717, 1.165) is 32.1 Å². The highest BCUT2D eigenvalue weighted by Crippen LogP contribution is 2.53. The molecule has 0 amide bonds. The maximum atomic E-state index is 6.42. The van der Waals surface area contributed by atoms with Gasteiger partial charge >= 0.3 is 0 Å². The van der Waals surface area contributed by atoms with Gasteiger partial charge in [-0.05, 0) is 19.3 Å². The molecule has 4 heteroatoms. The molecule has 118 valence electrons. The van der Waals surface area contributed by atoms with Crippen molar-refractivity contribution >= 4 is 0 Å². The van der Waals surface area contributed by atoms with Gasteiger partial charge in [-0.25, -0.2) is 0 Å². The molecule has 4 rings (SSSR count). The fraction of sp³-hybridized carbons (Fsp3) is 0.882. The zero-order valence-electron chi connectivity index (χ0n) is 12.9. The molecule has 0 radical (unpaired) electrons. The van der Waals surface area contributed by atoms with Crippen LogP contribution in [0.4, 0.5) is 0 Å². The van der Waals surface area contributed by atoms with Crippen LogP contribution in [0.3, 0.4) is 0 Å². The third kappa shape index (κ3) is 2.11. The van der Waals surface area contributed by atoms with E-state index < -0.39 is 0 Å². The van der Waals surface area contributed by atoms with Crippen molar-refractivity contribution < 1.29 is 18.9 Å². The zero-order chi connectivity index (χ0) is 14.5. The van der Waals surface area contributed by atoms with Crippen molar-refractivity contribution in [3.05, 3.63) is 12.7 Å². The summed E-state index contributed by atoms with van der Waals surface area (Å²) in [5.41, 5.74) is -0.219. The van der Waals surface area contributed by atoms with Gasteiger partial charge in [-0.1, -0.05) is 12.5 Å². The molecule has 0 aromatic heterocycles. The van der Waals surface area contributed by atoms with Crippen molar-refractivity contribution in [2.24, 2.45) is 0 Å². The molecule has 4 nitrogen and oxygen atoms in total. The molecule has 21 heavy (non-hydrogen) atoms. The first-order chi connectivity index (χ1) is 10.2. The van der Waals surface area contributed by atoms with Gasteiger partial charge in [0, 0.05) is 32.8 Å². The normalized spacial score (nSPS) is 47.5. The van der Waals surface area contributed by atoms with E-state index in [1.165, 1.54) is 19.3 Å². The number of ether oxygens (including phenoxy) is 4. The van der Waals surface area contributed by atoms with Gasteiger partial charge in [0.05, 0.1) is 23.9 Å². The fourth-order valence-electron chi connectivity index (χ4n) is 4.82. The summed E-state index contributed by atoms with van der Waals surface area (Å²) in [6.45, 7) is 3.85. The molecule has 4 aliphatic rings. The Bertz CT molecular complexity index is 417. The molecule has 0 N–H and O–H groups in total. The monoisotopic (exact) mass is 294 g/mol. The van der Waals surface area contributed by atoms with Crippen LogP contribution in [0.15, 0.2) is 12.7 Å². The predicted molar refractivity (Wildman–Crippen MR) is 78.0 cm³/mol. The Morgan fingerprint density at radius 1 is 1.14 bits per heavy atom. The summed E-state index contributed by atoms with van der Waals surface area (Å²) in [4.78, 5) is 0. The van der Waals surface area contributed by atoms with E-state index in [2.05, 4.69) is 6.58 Å². The summed E-state index contributed by atoms with van der Waals surface area (Å²) in [5, 5.41) is 0. The lowest BCUT2D eigenvalue weighted by Crippen LogP contribution is -2.49. The van der Waals surface area contributed by atoms with Gasteiger partial charge in [0.15, 0.2) is 5.79 Å². The first-order valence-corrected chi connectivity index (χ1v) is 8.37. The third-order valence-corrected chi connectivity index (χ3v) is 5.87. The van der Waals surface area contributed by atoms with E-state index in [9.17, 15) is 0 Å². The second kappa shape index (κ2) is 5.05. The molecule has 1 spiro atoms. The van der Waals surface area contributed by atoms with Crippen molar-refractivity contribution in [1.82, 2.24) is 0 Å². The average molecular weight is 294 g/mol. The van der Waals surface area contributed by atoms with Crippen LogP contribution in [0.1, 0.15) is 51.4 Å². The summed E-state index contributed by atoms with van der Waals surface area (Å²) in [6, 6.07) is 0. The van der Waals surface area contributed by atoms with Gasteiger partial charge in [0.2, 0.25) is 0 Å². The van der Waals surface area contributed by atoms with Crippen LogP contribution in [-0.2, 0) is 18.9 Å². The van der Waals surface area contributed by atoms with E-state index in [1.807, 2.05) is 6.08 Å². The van der Waals surface area contributed by atoms with Crippen molar-refractivity contribution in [1.29, 1.82) is 0 Å². The predicted octanol–water partition coefficient (Wildman–Crippen LogP) is 2.95. The summed E-state index contributed by atoms with van der Waals surface area (Å²) in [7, 11) is 1.80. The molecule has 0 aromatic carbocycles. The lowest BCUT2D eigenvalue weighted by atomic mass is 9.78. The Balaban J connectivity index is 1.56. The molecule has 2 aliphatic carbocycles. The maximum Gasteiger partial charge on any atom is 0.169 e. The minimum Gasteiger partial charge on any atom is -0.375 e. The fourth-order valence-corrected chi connectivity index (χ4v) is 4.82. The van der Waals surface area contributed by atoms with Gasteiger partial charge in [0.1, 0.15) is 6.10 Å². The Morgan fingerprint density at radius 2 is 1.90 bits per heavy atom. The Hall–Kier alpha value is -0.420. The zero-order valence-corrected chi connectivity index (χ0v) is 12.9. The van der Waals surface area contributed by atoms with E-state index in [4.69, 9.17) is 18.9 Å². The highest BCUT2D eigenvalue weighted by Gasteiger charge is 2.63. The van der Waals surface area contributed by atoms with Crippen molar-refractivity contribution in [2.45, 2.75) is 87.2 Å². The minimum atomic E-state index is -0.329. The van der Waals surface area contributed by atoms with Crippen LogP contribution in [0.25, 0.3) is 0 Å². The number of hydrogen-bond donors (Lipinski definition) is 0. The number of hydrogen-bond acceptors (Lipinski definition) is 4. The quantitative estimate of drug-likeness (QED) is 0.750. The van der Waals surface area contributed by atoms with E-state index >= 15 is 0 Å². The smallest absolute Gasteiger partial charge is 0.169 e. The molecule has 0 aromatic rings. The number of methoxy groups -OCH3 is 1. The SMILES string of the molecule is C=CC[C@@H]1O[C@@H]2C[C@@]1(OC)C[C@H]1OC3(CCCCC3)O[C@@H]21. The highest BCUT2D eigenvalue weighted by atomic mass is 16.8. The molecular weight excluding hydrogens is 268 g/mol. The largest absolute Gasteiger partial charge is 0.375 e. The van der Waals surface area contributed by atoms with E-state index in [0.29, 0.717) is 0 Å². The van der Waals surface area contributed by atoms with Crippen LogP contribution in [0, 0.1) is 0 Å². The first-order valence-electron chi connectivity index (χ1n) is 8.37. The molecule has 2 aliphatic heterocycles. The van der Waals surface area contributed by atoms with Gasteiger partial charge in [-0.3, -0.25) is 0 Å². The molecule has 0 unspecified atom stereocenters. The molecule has 2 saturated heterocycles. The molecule has 5 atom stereocenters. The van der Waals surface area contributed by atoms with Gasteiger partial charge in [-0.15, -0.1) is 6.58 Å². The second-order valence-electron chi connectivity index (χ2n) is 7.07. The Morgan fingerprint density at radius 3 is 2.62 bits per heavy atom. The van der Waals surface area contributed by atoms with Crippen LogP contribution >= 0.6 is 0 Å². The van der Waals surface area contributed by atoms with Gasteiger partial charge in [0.25, 0.3) is 0 Å². The average Bonchev–Trinajstić information content (AvgIpc) is 2.99. The highest BCUT2D eigenvalue weighted by molar-refractivity contribution is 5.11. The van der Waals surface area contributed by atoms with Crippen molar-refractivity contribution in [2.75, 3.05) is 7.11 Å². The van der Waals surface area contributed by atoms with Crippen LogP contribution in [-0.4, -0.2) is 42.9 Å². The molecular formula is C17H26O4. The Labute approximate surface area is 126 Å². The summed E-state index contributed by atoms with van der Waals surface area (Å²) in [5.74, 6) is -0.329. The second-order valence-corrected chi connectivity index (χ2v) is 7.07. The van der Waals surface area contributed by atoms with Gasteiger partial charge < -0.3 is 18.9 Å². The van der Waals surface area contributed by atoms with Crippen LogP contribution in [0.5, 0.6) is 0 Å². The molecule has 2 saturated carbocycles. The van der Waals surface area contributed by atoms with Crippen LogP contribution in [0.2, 0.25) is 0 Å². The topological polar surface area (TPSA) is 36.9 Å². The van der Waals surface area contributed by atoms with Crippen molar-refractivity contribution in [3.8, 4) is 0 Å². The number of fused-ring (bicyclic) bond motifs is 4. The summed E-state index contributed by atoms with van der Waals surface area (Å²) in [6.07, 6.45) is 10.7. The summed E-state index contributed by atoms with van der Waals surface area (Å²) >= 11 is 0. The summed E-state index contributed by atoms with van der Waals surface area (Å²) < 4.78 is 25.0. The third-order valence-electron chi connectivity index (χ3n) is 5.87. The lowest BCUT2D eigenvalue weighted by Gasteiger charge is -2.37. The van der Waals surface area contributed by atoms with Gasteiger partial charge in [-0.2, -0.15) is 0 Å². The molecule has 2 bridgehead atoms. The first kappa shape index (κ1) is 14.2. The molecule has 4 fully saturated rings. The van der Waals surface area contributed by atoms with Crippen molar-refractivity contribution in [3.63, 3.8) is 0 Å². The van der Waals surface area contributed by atoms with Crippen LogP contribution < -0.4 is 0 Å². The standard InChI is InChI=1S/C17H26O4/c1-3-7-14-16(18-2)10-12(19-14)15-13(11-16)20-17(21-15)8-5-4-6-9-17/h3,12-15H,1,4-11H2,2H3/t12-,13-,14+,15+,16-/m1/s1. The molecule has 2 heterocycles. The Kier molecular flexibility index (Phi) is 3.41. The minimum absolute atomic E-state index is 0.0844. The lowest BCUT2D eigenvalue weighted by molar-refractivity contribution is -0.206.